The van der Waals surface area contributed by atoms with Gasteiger partial charge in [-0.3, -0.25) is 4.98 Å². The van der Waals surface area contributed by atoms with Crippen LogP contribution < -0.4 is 0 Å². The van der Waals surface area contributed by atoms with Crippen LogP contribution in [-0.4, -0.2) is 16.7 Å². The van der Waals surface area contributed by atoms with E-state index in [1.54, 1.807) is 0 Å². The van der Waals surface area contributed by atoms with Crippen molar-refractivity contribution >= 4 is 0 Å². The lowest BCUT2D eigenvalue weighted by molar-refractivity contribution is 0.284. The molecule has 2 nitrogen and oxygen atoms in total. The summed E-state index contributed by atoms with van der Waals surface area (Å²) in [4.78, 5) is 4.47. The highest BCUT2D eigenvalue weighted by Crippen LogP contribution is 2.19. The summed E-state index contributed by atoms with van der Waals surface area (Å²) in [6.45, 7) is 6.79. The summed E-state index contributed by atoms with van der Waals surface area (Å²) in [6.07, 6.45) is 4.88. The van der Waals surface area contributed by atoms with Crippen molar-refractivity contribution in [1.29, 1.82) is 0 Å². The second kappa shape index (κ2) is 5.26. The Hall–Kier alpha value is -0.890. The maximum Gasteiger partial charge on any atom is 0.0457 e. The van der Waals surface area contributed by atoms with Crippen molar-refractivity contribution in [3.05, 3.63) is 29.6 Å². The normalized spacial score (nSPS) is 11.7. The first-order valence-corrected chi connectivity index (χ1v) is 5.60. The standard InChI is InChI=1S/C13H21NO/c1-13(2,3)12-8-7-11(10-14-12)6-4-5-9-15/h7-8,10,15H,4-6,9H2,1-3H3. The highest BCUT2D eigenvalue weighted by Gasteiger charge is 2.14. The van der Waals surface area contributed by atoms with Gasteiger partial charge in [-0.25, -0.2) is 0 Å². The molecule has 0 aliphatic carbocycles. The molecule has 0 fully saturated rings. The van der Waals surface area contributed by atoms with Crippen LogP contribution >= 0.6 is 0 Å². The smallest absolute Gasteiger partial charge is 0.0457 e. The molecule has 1 aromatic rings. The SMILES string of the molecule is CC(C)(C)c1ccc(CCCCO)cn1. The predicted molar refractivity (Wildman–Crippen MR) is 63.0 cm³/mol. The molecule has 0 atom stereocenters. The molecule has 1 aromatic heterocycles. The Labute approximate surface area is 92.4 Å². The van der Waals surface area contributed by atoms with Gasteiger partial charge < -0.3 is 5.11 Å². The van der Waals surface area contributed by atoms with Gasteiger partial charge in [0.2, 0.25) is 0 Å². The average Bonchev–Trinajstić information content (AvgIpc) is 2.18. The Kier molecular flexibility index (Phi) is 4.28. The number of aromatic nitrogens is 1. The van der Waals surface area contributed by atoms with Crippen molar-refractivity contribution in [3.8, 4) is 0 Å². The fraction of sp³-hybridized carbons (Fsp3) is 0.615. The van der Waals surface area contributed by atoms with Crippen LogP contribution in [0.3, 0.4) is 0 Å². The molecule has 2 heteroatoms. The molecule has 0 spiro atoms. The molecular weight excluding hydrogens is 186 g/mol. The molecule has 0 aliphatic heterocycles. The molecule has 84 valence electrons. The Bertz CT molecular complexity index is 284. The zero-order chi connectivity index (χ0) is 11.3. The minimum absolute atomic E-state index is 0.129. The van der Waals surface area contributed by atoms with Crippen molar-refractivity contribution < 1.29 is 5.11 Å². The molecule has 0 saturated heterocycles. The number of aliphatic hydroxyl groups excluding tert-OH is 1. The summed E-state index contributed by atoms with van der Waals surface area (Å²) in [5, 5.41) is 8.68. The monoisotopic (exact) mass is 207 g/mol. The van der Waals surface area contributed by atoms with E-state index in [1.807, 2.05) is 6.20 Å². The summed E-state index contributed by atoms with van der Waals surface area (Å²) in [6, 6.07) is 4.25. The lowest BCUT2D eigenvalue weighted by atomic mass is 9.91. The number of nitrogens with zero attached hydrogens (tertiary/aromatic N) is 1. The summed E-state index contributed by atoms with van der Waals surface area (Å²) in [5.74, 6) is 0. The third-order valence-corrected chi connectivity index (χ3v) is 2.47. The lowest BCUT2D eigenvalue weighted by Gasteiger charge is -2.17. The van der Waals surface area contributed by atoms with E-state index >= 15 is 0 Å². The van der Waals surface area contributed by atoms with E-state index in [2.05, 4.69) is 37.9 Å². The molecule has 0 aliphatic rings. The molecule has 0 saturated carbocycles. The zero-order valence-electron chi connectivity index (χ0n) is 9.95. The summed E-state index contributed by atoms with van der Waals surface area (Å²) in [5.41, 5.74) is 2.52. The fourth-order valence-corrected chi connectivity index (χ4v) is 1.46. The van der Waals surface area contributed by atoms with E-state index in [1.165, 1.54) is 5.56 Å². The summed E-state index contributed by atoms with van der Waals surface area (Å²) < 4.78 is 0. The Balaban J connectivity index is 2.57. The van der Waals surface area contributed by atoms with Gasteiger partial charge in [0.05, 0.1) is 0 Å². The van der Waals surface area contributed by atoms with E-state index in [0.717, 1.165) is 25.0 Å². The average molecular weight is 207 g/mol. The van der Waals surface area contributed by atoms with Crippen LogP contribution in [0.1, 0.15) is 44.9 Å². The number of pyridine rings is 1. The van der Waals surface area contributed by atoms with Crippen LogP contribution in [0.25, 0.3) is 0 Å². The first-order chi connectivity index (χ1) is 7.04. The first-order valence-electron chi connectivity index (χ1n) is 5.60. The van der Waals surface area contributed by atoms with E-state index in [-0.39, 0.29) is 12.0 Å². The van der Waals surface area contributed by atoms with Gasteiger partial charge in [-0.1, -0.05) is 26.8 Å². The minimum atomic E-state index is 0.129. The molecular formula is C13H21NO. The number of aryl methyl sites for hydroxylation is 1. The van der Waals surface area contributed by atoms with Gasteiger partial charge >= 0.3 is 0 Å². The van der Waals surface area contributed by atoms with Crippen molar-refractivity contribution in [2.24, 2.45) is 0 Å². The number of aliphatic hydroxyl groups is 1. The molecule has 0 amide bonds. The Morgan fingerprint density at radius 3 is 2.40 bits per heavy atom. The first kappa shape index (κ1) is 12.2. The number of rotatable bonds is 4. The number of unbranched alkanes of at least 4 members (excludes halogenated alkanes) is 1. The zero-order valence-corrected chi connectivity index (χ0v) is 9.95. The van der Waals surface area contributed by atoms with Crippen molar-refractivity contribution in [1.82, 2.24) is 4.98 Å². The maximum atomic E-state index is 8.68. The third kappa shape index (κ3) is 4.00. The van der Waals surface area contributed by atoms with Crippen molar-refractivity contribution in [2.45, 2.75) is 45.4 Å². The van der Waals surface area contributed by atoms with Crippen LogP contribution in [0.4, 0.5) is 0 Å². The molecule has 0 unspecified atom stereocenters. The second-order valence-corrected chi connectivity index (χ2v) is 4.98. The van der Waals surface area contributed by atoms with Gasteiger partial charge in [0, 0.05) is 23.9 Å². The van der Waals surface area contributed by atoms with Gasteiger partial charge in [-0.15, -0.1) is 0 Å². The van der Waals surface area contributed by atoms with Gasteiger partial charge in [-0.2, -0.15) is 0 Å². The largest absolute Gasteiger partial charge is 0.396 e. The van der Waals surface area contributed by atoms with Crippen molar-refractivity contribution in [3.63, 3.8) is 0 Å². The van der Waals surface area contributed by atoms with Gasteiger partial charge in [0.1, 0.15) is 0 Å². The maximum absolute atomic E-state index is 8.68. The van der Waals surface area contributed by atoms with Gasteiger partial charge in [0.25, 0.3) is 0 Å². The molecule has 15 heavy (non-hydrogen) atoms. The third-order valence-electron chi connectivity index (χ3n) is 2.47. The molecule has 1 N–H and O–H groups in total. The fourth-order valence-electron chi connectivity index (χ4n) is 1.46. The van der Waals surface area contributed by atoms with E-state index in [0.29, 0.717) is 0 Å². The number of hydrogen-bond donors (Lipinski definition) is 1. The molecule has 1 heterocycles. The van der Waals surface area contributed by atoms with E-state index in [9.17, 15) is 0 Å². The topological polar surface area (TPSA) is 33.1 Å². The minimum Gasteiger partial charge on any atom is -0.396 e. The Morgan fingerprint density at radius 1 is 1.20 bits per heavy atom. The van der Waals surface area contributed by atoms with Crippen LogP contribution in [0.5, 0.6) is 0 Å². The predicted octanol–water partition coefficient (Wildman–Crippen LogP) is 2.69. The van der Waals surface area contributed by atoms with Gasteiger partial charge in [0.15, 0.2) is 0 Å². The molecule has 0 aromatic carbocycles. The molecule has 1 rings (SSSR count). The lowest BCUT2D eigenvalue weighted by Crippen LogP contribution is -2.13. The molecule has 0 radical (unpaired) electrons. The van der Waals surface area contributed by atoms with Crippen molar-refractivity contribution in [2.75, 3.05) is 6.61 Å². The quantitative estimate of drug-likeness (QED) is 0.770. The number of hydrogen-bond acceptors (Lipinski definition) is 2. The summed E-state index contributed by atoms with van der Waals surface area (Å²) in [7, 11) is 0. The van der Waals surface area contributed by atoms with Gasteiger partial charge in [-0.05, 0) is 30.9 Å². The van der Waals surface area contributed by atoms with Crippen LogP contribution in [0.15, 0.2) is 18.3 Å². The van der Waals surface area contributed by atoms with Crippen LogP contribution in [-0.2, 0) is 11.8 Å². The van der Waals surface area contributed by atoms with E-state index < -0.39 is 0 Å². The highest BCUT2D eigenvalue weighted by atomic mass is 16.2. The molecule has 0 bridgehead atoms. The van der Waals surface area contributed by atoms with E-state index in [4.69, 9.17) is 5.11 Å². The summed E-state index contributed by atoms with van der Waals surface area (Å²) >= 11 is 0. The second-order valence-electron chi connectivity index (χ2n) is 4.98. The highest BCUT2D eigenvalue weighted by molar-refractivity contribution is 5.19. The van der Waals surface area contributed by atoms with Crippen LogP contribution in [0, 0.1) is 0 Å². The Morgan fingerprint density at radius 2 is 1.93 bits per heavy atom. The van der Waals surface area contributed by atoms with Crippen LogP contribution in [0.2, 0.25) is 0 Å².